The van der Waals surface area contributed by atoms with E-state index in [0.717, 1.165) is 31.7 Å². The number of likely N-dealkylation sites (tertiary alicyclic amines) is 1. The highest BCUT2D eigenvalue weighted by Gasteiger charge is 2.43. The number of carbonyl (C=O) groups excluding carboxylic acids is 1. The molecule has 1 aromatic carbocycles. The predicted octanol–water partition coefficient (Wildman–Crippen LogP) is 1.77. The fourth-order valence-electron chi connectivity index (χ4n) is 3.70. The lowest BCUT2D eigenvalue weighted by atomic mass is 9.91. The molecule has 0 aliphatic carbocycles. The fourth-order valence-corrected chi connectivity index (χ4v) is 3.70. The van der Waals surface area contributed by atoms with Crippen molar-refractivity contribution in [2.75, 3.05) is 47.0 Å². The molecule has 138 valence electrons. The highest BCUT2D eigenvalue weighted by Crippen LogP contribution is 2.36. The standard InChI is InChI=1S/C19H27FN2O3/c1-21(2)19(23)13-24-8-7-15-12-25-18-11-22(10-16(15)18)9-14-5-3-4-6-17(14)20/h3-6,15-16,18H,7-13H2,1-2H3/t15-,16-,18-/m1/s1. The average Bonchev–Trinajstić information content (AvgIpc) is 3.14. The van der Waals surface area contributed by atoms with Crippen LogP contribution in [0.25, 0.3) is 0 Å². The van der Waals surface area contributed by atoms with Gasteiger partial charge in [-0.2, -0.15) is 0 Å². The van der Waals surface area contributed by atoms with Crippen LogP contribution in [-0.4, -0.2) is 68.8 Å². The third kappa shape index (κ3) is 4.57. The van der Waals surface area contributed by atoms with Gasteiger partial charge in [0, 0.05) is 51.8 Å². The van der Waals surface area contributed by atoms with Crippen LogP contribution in [0.15, 0.2) is 24.3 Å². The molecule has 0 radical (unpaired) electrons. The molecule has 0 saturated carbocycles. The Hall–Kier alpha value is -1.50. The van der Waals surface area contributed by atoms with E-state index in [4.69, 9.17) is 9.47 Å². The summed E-state index contributed by atoms with van der Waals surface area (Å²) in [6.07, 6.45) is 1.13. The fraction of sp³-hybridized carbons (Fsp3) is 0.632. The Labute approximate surface area is 148 Å². The average molecular weight is 350 g/mol. The van der Waals surface area contributed by atoms with Crippen molar-refractivity contribution in [2.24, 2.45) is 11.8 Å². The number of halogens is 1. The van der Waals surface area contributed by atoms with E-state index < -0.39 is 0 Å². The van der Waals surface area contributed by atoms with Gasteiger partial charge in [-0.05, 0) is 18.4 Å². The van der Waals surface area contributed by atoms with Gasteiger partial charge in [0.15, 0.2) is 0 Å². The van der Waals surface area contributed by atoms with Crippen molar-refractivity contribution in [3.63, 3.8) is 0 Å². The van der Waals surface area contributed by atoms with Crippen molar-refractivity contribution in [3.05, 3.63) is 35.6 Å². The summed E-state index contributed by atoms with van der Waals surface area (Å²) in [4.78, 5) is 15.3. The zero-order valence-corrected chi connectivity index (χ0v) is 15.0. The van der Waals surface area contributed by atoms with Gasteiger partial charge >= 0.3 is 0 Å². The molecule has 0 unspecified atom stereocenters. The van der Waals surface area contributed by atoms with E-state index in [9.17, 15) is 9.18 Å². The van der Waals surface area contributed by atoms with Gasteiger partial charge in [0.1, 0.15) is 12.4 Å². The van der Waals surface area contributed by atoms with Crippen LogP contribution in [0.5, 0.6) is 0 Å². The molecule has 0 bridgehead atoms. The van der Waals surface area contributed by atoms with E-state index >= 15 is 0 Å². The molecule has 0 N–H and O–H groups in total. The Morgan fingerprint density at radius 1 is 1.36 bits per heavy atom. The van der Waals surface area contributed by atoms with Gasteiger partial charge in [-0.25, -0.2) is 4.39 Å². The summed E-state index contributed by atoms with van der Waals surface area (Å²) in [5, 5.41) is 0. The molecule has 2 saturated heterocycles. The van der Waals surface area contributed by atoms with E-state index in [1.807, 2.05) is 12.1 Å². The lowest BCUT2D eigenvalue weighted by Crippen LogP contribution is -2.27. The minimum atomic E-state index is -0.143. The van der Waals surface area contributed by atoms with Crippen LogP contribution in [0.1, 0.15) is 12.0 Å². The quantitative estimate of drug-likeness (QED) is 0.703. The summed E-state index contributed by atoms with van der Waals surface area (Å²) >= 11 is 0. The van der Waals surface area contributed by atoms with E-state index in [2.05, 4.69) is 4.90 Å². The first-order chi connectivity index (χ1) is 12.0. The van der Waals surface area contributed by atoms with Gasteiger partial charge in [0.05, 0.1) is 12.7 Å². The van der Waals surface area contributed by atoms with Gasteiger partial charge in [-0.15, -0.1) is 0 Å². The Balaban J connectivity index is 1.44. The number of carbonyl (C=O) groups is 1. The summed E-state index contributed by atoms with van der Waals surface area (Å²) in [6, 6.07) is 6.95. The number of rotatable bonds is 7. The van der Waals surface area contributed by atoms with Gasteiger partial charge < -0.3 is 14.4 Å². The van der Waals surface area contributed by atoms with Crippen LogP contribution in [0.3, 0.4) is 0 Å². The minimum absolute atomic E-state index is 0.0162. The van der Waals surface area contributed by atoms with Crippen molar-refractivity contribution in [2.45, 2.75) is 19.1 Å². The van der Waals surface area contributed by atoms with Crippen molar-refractivity contribution < 1.29 is 18.7 Å². The molecule has 3 atom stereocenters. The predicted molar refractivity (Wildman–Crippen MR) is 92.5 cm³/mol. The van der Waals surface area contributed by atoms with Crippen molar-refractivity contribution in [1.82, 2.24) is 9.80 Å². The SMILES string of the molecule is CN(C)C(=O)COCC[C@@H]1CO[C@@H]2CN(Cc3ccccc3F)C[C@H]12. The Morgan fingerprint density at radius 2 is 2.16 bits per heavy atom. The van der Waals surface area contributed by atoms with Gasteiger partial charge in [-0.1, -0.05) is 18.2 Å². The van der Waals surface area contributed by atoms with Crippen LogP contribution in [0.2, 0.25) is 0 Å². The lowest BCUT2D eigenvalue weighted by molar-refractivity contribution is -0.133. The second kappa shape index (κ2) is 8.25. The van der Waals surface area contributed by atoms with Gasteiger partial charge in [0.2, 0.25) is 5.91 Å². The second-order valence-corrected chi connectivity index (χ2v) is 7.21. The first kappa shape index (κ1) is 18.3. The molecule has 25 heavy (non-hydrogen) atoms. The highest BCUT2D eigenvalue weighted by molar-refractivity contribution is 5.76. The Morgan fingerprint density at radius 3 is 2.92 bits per heavy atom. The van der Waals surface area contributed by atoms with Crippen LogP contribution >= 0.6 is 0 Å². The van der Waals surface area contributed by atoms with Crippen LogP contribution in [0.4, 0.5) is 4.39 Å². The molecule has 5 nitrogen and oxygen atoms in total. The molecule has 6 heteroatoms. The summed E-state index contributed by atoms with van der Waals surface area (Å²) in [7, 11) is 3.45. The molecule has 2 heterocycles. The van der Waals surface area contributed by atoms with E-state index in [1.165, 1.54) is 11.0 Å². The maximum atomic E-state index is 13.8. The molecule has 3 rings (SSSR count). The smallest absolute Gasteiger partial charge is 0.248 e. The molecule has 2 fully saturated rings. The number of ether oxygens (including phenoxy) is 2. The van der Waals surface area contributed by atoms with Gasteiger partial charge in [0.25, 0.3) is 0 Å². The minimum Gasteiger partial charge on any atom is -0.376 e. The van der Waals surface area contributed by atoms with Crippen LogP contribution < -0.4 is 0 Å². The van der Waals surface area contributed by atoms with Crippen molar-refractivity contribution in [3.8, 4) is 0 Å². The third-order valence-corrected chi connectivity index (χ3v) is 5.22. The largest absolute Gasteiger partial charge is 0.376 e. The monoisotopic (exact) mass is 350 g/mol. The van der Waals surface area contributed by atoms with Crippen LogP contribution in [-0.2, 0) is 20.8 Å². The zero-order chi connectivity index (χ0) is 17.8. The highest BCUT2D eigenvalue weighted by atomic mass is 19.1. The Bertz CT molecular complexity index is 596. The number of likely N-dealkylation sites (N-methyl/N-ethyl adjacent to an activating group) is 1. The van der Waals surface area contributed by atoms with Crippen molar-refractivity contribution >= 4 is 5.91 Å². The maximum Gasteiger partial charge on any atom is 0.248 e. The number of hydrogen-bond donors (Lipinski definition) is 0. The zero-order valence-electron chi connectivity index (χ0n) is 15.0. The van der Waals surface area contributed by atoms with E-state index in [0.29, 0.717) is 25.0 Å². The molecule has 2 aliphatic rings. The normalized spacial score (nSPS) is 26.0. The van der Waals surface area contributed by atoms with Crippen LogP contribution in [0, 0.1) is 17.7 Å². The maximum absolute atomic E-state index is 13.8. The number of amides is 1. The summed E-state index contributed by atoms with van der Waals surface area (Å²) < 4.78 is 25.3. The van der Waals surface area contributed by atoms with E-state index in [-0.39, 0.29) is 24.4 Å². The molecule has 2 aliphatic heterocycles. The first-order valence-corrected chi connectivity index (χ1v) is 8.90. The molecule has 0 spiro atoms. The molecule has 0 aromatic heterocycles. The first-order valence-electron chi connectivity index (χ1n) is 8.90. The molecule has 1 aromatic rings. The topological polar surface area (TPSA) is 42.0 Å². The van der Waals surface area contributed by atoms with E-state index in [1.54, 1.807) is 20.2 Å². The molecule has 1 amide bonds. The summed E-state index contributed by atoms with van der Waals surface area (Å²) in [6.45, 7) is 3.88. The van der Waals surface area contributed by atoms with Gasteiger partial charge in [-0.3, -0.25) is 9.69 Å². The molecular weight excluding hydrogens is 323 g/mol. The Kier molecular flexibility index (Phi) is 6.04. The number of benzene rings is 1. The third-order valence-electron chi connectivity index (χ3n) is 5.22. The summed E-state index contributed by atoms with van der Waals surface area (Å²) in [5.41, 5.74) is 0.740. The van der Waals surface area contributed by atoms with Crippen molar-refractivity contribution in [1.29, 1.82) is 0 Å². The summed E-state index contributed by atoms with van der Waals surface area (Å²) in [5.74, 6) is 0.762. The second-order valence-electron chi connectivity index (χ2n) is 7.21. The number of hydrogen-bond acceptors (Lipinski definition) is 4. The lowest BCUT2D eigenvalue weighted by Gasteiger charge is -2.20. The number of fused-ring (bicyclic) bond motifs is 1. The number of nitrogens with zero attached hydrogens (tertiary/aromatic N) is 2. The molecular formula is C19H27FN2O3.